The van der Waals surface area contributed by atoms with Crippen LogP contribution in [0.25, 0.3) is 0 Å². The summed E-state index contributed by atoms with van der Waals surface area (Å²) in [5.41, 5.74) is 1.98. The lowest BCUT2D eigenvalue weighted by atomic mass is 9.96. The van der Waals surface area contributed by atoms with E-state index < -0.39 is 0 Å². The predicted octanol–water partition coefficient (Wildman–Crippen LogP) is 3.09. The third-order valence-electron chi connectivity index (χ3n) is 5.43. The first kappa shape index (κ1) is 21.5. The van der Waals surface area contributed by atoms with Crippen molar-refractivity contribution in [2.75, 3.05) is 33.7 Å². The van der Waals surface area contributed by atoms with Crippen molar-refractivity contribution in [2.24, 2.45) is 5.92 Å². The van der Waals surface area contributed by atoms with E-state index in [-0.39, 0.29) is 36.0 Å². The number of carbonyl (C=O) groups is 2. The number of piperidine rings is 1. The molecule has 1 fully saturated rings. The van der Waals surface area contributed by atoms with Crippen LogP contribution >= 0.6 is 11.3 Å². The Morgan fingerprint density at radius 3 is 2.69 bits per heavy atom. The molecule has 1 saturated heterocycles. The summed E-state index contributed by atoms with van der Waals surface area (Å²) in [6.45, 7) is 1.65. The lowest BCUT2D eigenvalue weighted by molar-refractivity contribution is -0.135. The maximum atomic E-state index is 13.0. The molecule has 0 aliphatic carbocycles. The second-order valence-corrected chi connectivity index (χ2v) is 8.54. The fourth-order valence-electron chi connectivity index (χ4n) is 3.71. The summed E-state index contributed by atoms with van der Waals surface area (Å²) in [5, 5.41) is 7.23. The van der Waals surface area contributed by atoms with Crippen molar-refractivity contribution < 1.29 is 14.0 Å². The molecule has 0 bridgehead atoms. The summed E-state index contributed by atoms with van der Waals surface area (Å²) in [4.78, 5) is 29.2. The number of nitrogens with one attached hydrogen (secondary N) is 1. The smallest absolute Gasteiger partial charge is 0.227 e. The van der Waals surface area contributed by atoms with Gasteiger partial charge in [0.05, 0.1) is 18.4 Å². The van der Waals surface area contributed by atoms with Crippen LogP contribution in [0, 0.1) is 11.7 Å². The fourth-order valence-corrected chi connectivity index (χ4v) is 4.42. The molecule has 0 spiro atoms. The van der Waals surface area contributed by atoms with Gasteiger partial charge in [0.2, 0.25) is 11.8 Å². The van der Waals surface area contributed by atoms with Crippen molar-refractivity contribution in [1.29, 1.82) is 0 Å². The molecular formula is C22H28FN3O2S. The van der Waals surface area contributed by atoms with E-state index in [1.54, 1.807) is 28.4 Å². The summed E-state index contributed by atoms with van der Waals surface area (Å²) in [7, 11) is 4.01. The zero-order chi connectivity index (χ0) is 20.8. The minimum absolute atomic E-state index is 0.00589. The fraction of sp³-hybridized carbons (Fsp3) is 0.455. The van der Waals surface area contributed by atoms with E-state index in [1.807, 2.05) is 19.5 Å². The van der Waals surface area contributed by atoms with Gasteiger partial charge in [0.25, 0.3) is 0 Å². The highest BCUT2D eigenvalue weighted by Crippen LogP contribution is 2.21. The van der Waals surface area contributed by atoms with Gasteiger partial charge in [-0.3, -0.25) is 9.59 Å². The van der Waals surface area contributed by atoms with E-state index in [0.717, 1.165) is 18.4 Å². The Morgan fingerprint density at radius 2 is 2.03 bits per heavy atom. The molecule has 5 nitrogen and oxygen atoms in total. The number of rotatable bonds is 7. The van der Waals surface area contributed by atoms with E-state index in [4.69, 9.17) is 0 Å². The third kappa shape index (κ3) is 5.87. The molecule has 156 valence electrons. The lowest BCUT2D eigenvalue weighted by Gasteiger charge is -2.33. The average molecular weight is 418 g/mol. The van der Waals surface area contributed by atoms with Crippen LogP contribution in [0.1, 0.15) is 30.0 Å². The number of nitrogens with zero attached hydrogens (tertiary/aromatic N) is 2. The molecule has 0 saturated carbocycles. The second kappa shape index (κ2) is 9.98. The quantitative estimate of drug-likeness (QED) is 0.753. The topological polar surface area (TPSA) is 52.7 Å². The van der Waals surface area contributed by atoms with Gasteiger partial charge >= 0.3 is 0 Å². The maximum Gasteiger partial charge on any atom is 0.227 e. The van der Waals surface area contributed by atoms with E-state index >= 15 is 0 Å². The average Bonchev–Trinajstić information content (AvgIpc) is 3.24. The van der Waals surface area contributed by atoms with Gasteiger partial charge in [-0.25, -0.2) is 4.39 Å². The van der Waals surface area contributed by atoms with Gasteiger partial charge < -0.3 is 15.1 Å². The molecular weight excluding hydrogens is 389 g/mol. The van der Waals surface area contributed by atoms with Gasteiger partial charge in [-0.2, -0.15) is 11.3 Å². The number of hydrogen-bond acceptors (Lipinski definition) is 4. The highest BCUT2D eigenvalue weighted by atomic mass is 32.1. The molecule has 2 aromatic rings. The number of carbonyl (C=O) groups excluding carboxylic acids is 2. The SMILES string of the molecule is CN(C)[C@@H](CNC(=O)[C@@H]1CCCN(C(=O)Cc2ccc(F)cc2)C1)c1ccsc1. The molecule has 1 aliphatic heterocycles. The summed E-state index contributed by atoms with van der Waals surface area (Å²) in [6, 6.07) is 8.20. The molecule has 2 heterocycles. The number of likely N-dealkylation sites (tertiary alicyclic amines) is 1. The molecule has 2 atom stereocenters. The number of thiophene rings is 1. The molecule has 29 heavy (non-hydrogen) atoms. The van der Waals surface area contributed by atoms with Gasteiger partial charge in [0, 0.05) is 19.6 Å². The molecule has 0 radical (unpaired) electrons. The van der Waals surface area contributed by atoms with Crippen LogP contribution in [0.5, 0.6) is 0 Å². The van der Waals surface area contributed by atoms with Crippen molar-refractivity contribution in [1.82, 2.24) is 15.1 Å². The Morgan fingerprint density at radius 1 is 1.28 bits per heavy atom. The Bertz CT molecular complexity index is 808. The molecule has 7 heteroatoms. The summed E-state index contributed by atoms with van der Waals surface area (Å²) in [6.07, 6.45) is 1.83. The monoisotopic (exact) mass is 417 g/mol. The van der Waals surface area contributed by atoms with E-state index in [2.05, 4.69) is 21.7 Å². The minimum atomic E-state index is -0.311. The maximum absolute atomic E-state index is 13.0. The Balaban J connectivity index is 1.53. The van der Waals surface area contributed by atoms with Crippen molar-refractivity contribution in [2.45, 2.75) is 25.3 Å². The molecule has 2 amide bonds. The first-order valence-electron chi connectivity index (χ1n) is 9.92. The van der Waals surface area contributed by atoms with Crippen LogP contribution in [-0.4, -0.2) is 55.3 Å². The first-order valence-corrected chi connectivity index (χ1v) is 10.9. The van der Waals surface area contributed by atoms with E-state index in [0.29, 0.717) is 19.6 Å². The van der Waals surface area contributed by atoms with Crippen LogP contribution in [-0.2, 0) is 16.0 Å². The molecule has 0 unspecified atom stereocenters. The molecule has 1 aromatic carbocycles. The molecule has 1 aromatic heterocycles. The Kier molecular flexibility index (Phi) is 7.39. The van der Waals surface area contributed by atoms with Crippen molar-refractivity contribution in [3.63, 3.8) is 0 Å². The normalized spacial score (nSPS) is 17.9. The van der Waals surface area contributed by atoms with Crippen molar-refractivity contribution in [3.8, 4) is 0 Å². The summed E-state index contributed by atoms with van der Waals surface area (Å²) in [5.74, 6) is -0.509. The summed E-state index contributed by atoms with van der Waals surface area (Å²) < 4.78 is 13.0. The van der Waals surface area contributed by atoms with Crippen LogP contribution in [0.3, 0.4) is 0 Å². The van der Waals surface area contributed by atoms with Gasteiger partial charge in [-0.15, -0.1) is 0 Å². The largest absolute Gasteiger partial charge is 0.354 e. The summed E-state index contributed by atoms with van der Waals surface area (Å²) >= 11 is 1.65. The second-order valence-electron chi connectivity index (χ2n) is 7.76. The number of halogens is 1. The van der Waals surface area contributed by atoms with Crippen molar-refractivity contribution >= 4 is 23.2 Å². The molecule has 3 rings (SSSR count). The van der Waals surface area contributed by atoms with Gasteiger partial charge in [0.1, 0.15) is 5.82 Å². The van der Waals surface area contributed by atoms with Gasteiger partial charge in [0.15, 0.2) is 0 Å². The van der Waals surface area contributed by atoms with E-state index in [1.165, 1.54) is 17.7 Å². The zero-order valence-corrected chi connectivity index (χ0v) is 17.8. The van der Waals surface area contributed by atoms with Crippen LogP contribution in [0.4, 0.5) is 4.39 Å². The molecule has 1 aliphatic rings. The Labute approximate surface area is 175 Å². The third-order valence-corrected chi connectivity index (χ3v) is 6.14. The highest BCUT2D eigenvalue weighted by Gasteiger charge is 2.29. The molecule has 1 N–H and O–H groups in total. The minimum Gasteiger partial charge on any atom is -0.354 e. The van der Waals surface area contributed by atoms with Crippen molar-refractivity contribution in [3.05, 3.63) is 58.0 Å². The van der Waals surface area contributed by atoms with Crippen LogP contribution in [0.2, 0.25) is 0 Å². The predicted molar refractivity (Wildman–Crippen MR) is 113 cm³/mol. The number of likely N-dealkylation sites (N-methyl/N-ethyl adjacent to an activating group) is 1. The van der Waals surface area contributed by atoms with E-state index in [9.17, 15) is 14.0 Å². The zero-order valence-electron chi connectivity index (χ0n) is 16.9. The lowest BCUT2D eigenvalue weighted by Crippen LogP contribution is -2.47. The first-order chi connectivity index (χ1) is 13.9. The van der Waals surface area contributed by atoms with Gasteiger partial charge in [-0.05, 0) is 67.0 Å². The van der Waals surface area contributed by atoms with Crippen LogP contribution in [0.15, 0.2) is 41.1 Å². The Hall–Kier alpha value is -2.25. The highest BCUT2D eigenvalue weighted by molar-refractivity contribution is 7.07. The number of amides is 2. The van der Waals surface area contributed by atoms with Crippen LogP contribution < -0.4 is 5.32 Å². The number of hydrogen-bond donors (Lipinski definition) is 1. The van der Waals surface area contributed by atoms with Gasteiger partial charge in [-0.1, -0.05) is 12.1 Å². The standard InChI is InChI=1S/C22H28FN3O2S/c1-25(2)20(18-9-11-29-15-18)13-24-22(28)17-4-3-10-26(14-17)21(27)12-16-5-7-19(23)8-6-16/h5-9,11,15,17,20H,3-4,10,12-14H2,1-2H3,(H,24,28)/t17-,20+/m1/s1. The number of benzene rings is 1.